The number of amides is 1. The zero-order valence-corrected chi connectivity index (χ0v) is 20.6. The van der Waals surface area contributed by atoms with Gasteiger partial charge in [0.15, 0.2) is 11.5 Å². The van der Waals surface area contributed by atoms with E-state index in [9.17, 15) is 4.79 Å². The van der Waals surface area contributed by atoms with Crippen molar-refractivity contribution >= 4 is 5.91 Å². The summed E-state index contributed by atoms with van der Waals surface area (Å²) < 4.78 is 10.9. The molecular formula is C26H36N4O3. The zero-order chi connectivity index (χ0) is 23.8. The Kier molecular flexibility index (Phi) is 6.61. The van der Waals surface area contributed by atoms with Crippen LogP contribution in [0.25, 0.3) is 11.3 Å². The molecule has 4 heterocycles. The standard InChI is InChI=1S/C26H36N4O3/c1-16-28-21(18-7-8-23(32-5)24(12-18)33-6)13-22(29-16)20-15-30-10-9-17(20)11-19(30)14-27-25(31)26(2,3)4/h7-8,12-13,17,19-20H,9-11,14-15H2,1-6H3,(H,27,31). The van der Waals surface area contributed by atoms with Gasteiger partial charge < -0.3 is 14.8 Å². The molecule has 2 bridgehead atoms. The summed E-state index contributed by atoms with van der Waals surface area (Å²) in [6.45, 7) is 10.6. The zero-order valence-electron chi connectivity index (χ0n) is 20.6. The number of nitrogens with zero attached hydrogens (tertiary/aromatic N) is 3. The highest BCUT2D eigenvalue weighted by molar-refractivity contribution is 5.81. The molecule has 0 aliphatic carbocycles. The van der Waals surface area contributed by atoms with Gasteiger partial charge in [-0.1, -0.05) is 20.8 Å². The normalized spacial score (nSPS) is 24.4. The van der Waals surface area contributed by atoms with Crippen molar-refractivity contribution in [1.29, 1.82) is 0 Å². The Balaban J connectivity index is 1.52. The molecule has 4 atom stereocenters. The number of aryl methyl sites for hydroxylation is 1. The van der Waals surface area contributed by atoms with Crippen molar-refractivity contribution in [2.75, 3.05) is 33.9 Å². The topological polar surface area (TPSA) is 76.6 Å². The molecular weight excluding hydrogens is 416 g/mol. The van der Waals surface area contributed by atoms with Crippen LogP contribution in [0, 0.1) is 18.3 Å². The molecule has 3 fully saturated rings. The highest BCUT2D eigenvalue weighted by Gasteiger charge is 2.41. The summed E-state index contributed by atoms with van der Waals surface area (Å²) in [5.74, 6) is 3.24. The van der Waals surface area contributed by atoms with Crippen LogP contribution in [-0.2, 0) is 4.79 Å². The molecule has 1 amide bonds. The van der Waals surface area contributed by atoms with Crippen LogP contribution in [0.4, 0.5) is 0 Å². The van der Waals surface area contributed by atoms with Gasteiger partial charge in [0.05, 0.1) is 19.9 Å². The highest BCUT2D eigenvalue weighted by Crippen LogP contribution is 2.42. The van der Waals surface area contributed by atoms with Gasteiger partial charge in [-0.25, -0.2) is 9.97 Å². The van der Waals surface area contributed by atoms with Crippen molar-refractivity contribution in [3.63, 3.8) is 0 Å². The summed E-state index contributed by atoms with van der Waals surface area (Å²) in [4.78, 5) is 24.4. The van der Waals surface area contributed by atoms with Crippen LogP contribution in [-0.4, -0.2) is 60.7 Å². The second-order valence-electron chi connectivity index (χ2n) is 10.3. The number of carbonyl (C=O) groups excluding carboxylic acids is 1. The Morgan fingerprint density at radius 1 is 1.15 bits per heavy atom. The van der Waals surface area contributed by atoms with E-state index in [0.29, 0.717) is 29.4 Å². The minimum absolute atomic E-state index is 0.118. The predicted molar refractivity (Wildman–Crippen MR) is 129 cm³/mol. The number of hydrogen-bond acceptors (Lipinski definition) is 6. The Morgan fingerprint density at radius 2 is 1.91 bits per heavy atom. The number of hydrogen-bond donors (Lipinski definition) is 1. The summed E-state index contributed by atoms with van der Waals surface area (Å²) in [6, 6.07) is 8.43. The van der Waals surface area contributed by atoms with Crippen LogP contribution in [0.1, 0.15) is 51.0 Å². The molecule has 7 nitrogen and oxygen atoms in total. The van der Waals surface area contributed by atoms with Crippen LogP contribution in [0.5, 0.6) is 11.5 Å². The van der Waals surface area contributed by atoms with E-state index < -0.39 is 0 Å². The van der Waals surface area contributed by atoms with Crippen LogP contribution in [0.2, 0.25) is 0 Å². The second-order valence-corrected chi connectivity index (χ2v) is 10.3. The maximum Gasteiger partial charge on any atom is 0.225 e. The first-order valence-electron chi connectivity index (χ1n) is 11.8. The summed E-state index contributed by atoms with van der Waals surface area (Å²) in [5, 5.41) is 3.16. The fourth-order valence-electron chi connectivity index (χ4n) is 5.09. The lowest BCUT2D eigenvalue weighted by atomic mass is 9.74. The molecule has 1 aromatic heterocycles. The van der Waals surface area contributed by atoms with Gasteiger partial charge in [0, 0.05) is 41.7 Å². The fraction of sp³-hybridized carbons (Fsp3) is 0.577. The number of rotatable bonds is 6. The first-order valence-corrected chi connectivity index (χ1v) is 11.8. The Labute approximate surface area is 196 Å². The summed E-state index contributed by atoms with van der Waals surface area (Å²) in [7, 11) is 3.28. The highest BCUT2D eigenvalue weighted by atomic mass is 16.5. The van der Waals surface area contributed by atoms with Gasteiger partial charge in [0.1, 0.15) is 5.82 Å². The molecule has 0 spiro atoms. The third kappa shape index (κ3) is 4.98. The predicted octanol–water partition coefficient (Wildman–Crippen LogP) is 3.81. The van der Waals surface area contributed by atoms with Gasteiger partial charge in [-0.05, 0) is 56.5 Å². The molecule has 33 heavy (non-hydrogen) atoms. The van der Waals surface area contributed by atoms with Crippen molar-refractivity contribution in [1.82, 2.24) is 20.2 Å². The van der Waals surface area contributed by atoms with E-state index in [1.54, 1.807) is 14.2 Å². The first-order chi connectivity index (χ1) is 15.7. The Bertz CT molecular complexity index is 1020. The van der Waals surface area contributed by atoms with Gasteiger partial charge >= 0.3 is 0 Å². The Hall–Kier alpha value is -2.67. The average Bonchev–Trinajstić information content (AvgIpc) is 2.81. The van der Waals surface area contributed by atoms with Gasteiger partial charge in [-0.15, -0.1) is 0 Å². The van der Waals surface area contributed by atoms with E-state index in [2.05, 4.69) is 16.3 Å². The number of carbonyl (C=O) groups is 1. The molecule has 1 aromatic carbocycles. The van der Waals surface area contributed by atoms with Crippen molar-refractivity contribution in [2.24, 2.45) is 11.3 Å². The number of aromatic nitrogens is 2. The minimum atomic E-state index is -0.357. The van der Waals surface area contributed by atoms with Crippen LogP contribution < -0.4 is 14.8 Å². The van der Waals surface area contributed by atoms with E-state index in [-0.39, 0.29) is 11.3 Å². The number of nitrogens with one attached hydrogen (secondary N) is 1. The largest absolute Gasteiger partial charge is 0.493 e. The van der Waals surface area contributed by atoms with Crippen LogP contribution in [0.15, 0.2) is 24.3 Å². The van der Waals surface area contributed by atoms with Crippen molar-refractivity contribution in [2.45, 2.75) is 52.5 Å². The number of methoxy groups -OCH3 is 2. The second kappa shape index (κ2) is 9.29. The first kappa shape index (κ1) is 23.5. The van der Waals surface area contributed by atoms with Gasteiger partial charge in [0.2, 0.25) is 5.91 Å². The molecule has 4 unspecified atom stereocenters. The third-order valence-corrected chi connectivity index (χ3v) is 6.97. The molecule has 5 rings (SSSR count). The summed E-state index contributed by atoms with van der Waals surface area (Å²) in [5.41, 5.74) is 2.65. The quantitative estimate of drug-likeness (QED) is 0.718. The smallest absolute Gasteiger partial charge is 0.225 e. The molecule has 178 valence electrons. The summed E-state index contributed by atoms with van der Waals surface area (Å²) in [6.07, 6.45) is 2.26. The molecule has 3 aliphatic heterocycles. The van der Waals surface area contributed by atoms with Crippen molar-refractivity contribution < 1.29 is 14.3 Å². The molecule has 7 heteroatoms. The molecule has 2 aromatic rings. The van der Waals surface area contributed by atoms with E-state index >= 15 is 0 Å². The minimum Gasteiger partial charge on any atom is -0.493 e. The van der Waals surface area contributed by atoms with E-state index in [4.69, 9.17) is 19.4 Å². The molecule has 0 saturated carbocycles. The Morgan fingerprint density at radius 3 is 2.55 bits per heavy atom. The van der Waals surface area contributed by atoms with E-state index in [0.717, 1.165) is 48.8 Å². The number of piperidine rings is 3. The summed E-state index contributed by atoms with van der Waals surface area (Å²) >= 11 is 0. The number of benzene rings is 1. The SMILES string of the molecule is COc1ccc(-c2cc(C3CN4CCC3CC4CNC(=O)C(C)(C)C)nc(C)n2)cc1OC. The van der Waals surface area contributed by atoms with Crippen molar-refractivity contribution in [3.8, 4) is 22.8 Å². The van der Waals surface area contributed by atoms with Crippen molar-refractivity contribution in [3.05, 3.63) is 35.8 Å². The third-order valence-electron chi connectivity index (χ3n) is 6.97. The number of ether oxygens (including phenoxy) is 2. The number of fused-ring (bicyclic) bond motifs is 3. The van der Waals surface area contributed by atoms with Gasteiger partial charge in [-0.2, -0.15) is 0 Å². The molecule has 0 radical (unpaired) electrons. The van der Waals surface area contributed by atoms with Crippen LogP contribution in [0.3, 0.4) is 0 Å². The lowest BCUT2D eigenvalue weighted by Gasteiger charge is -2.50. The molecule has 3 aliphatic rings. The molecule has 3 saturated heterocycles. The monoisotopic (exact) mass is 452 g/mol. The average molecular weight is 453 g/mol. The fourth-order valence-corrected chi connectivity index (χ4v) is 5.09. The van der Waals surface area contributed by atoms with E-state index in [1.165, 1.54) is 6.42 Å². The lowest BCUT2D eigenvalue weighted by molar-refractivity contribution is -0.129. The van der Waals surface area contributed by atoms with E-state index in [1.807, 2.05) is 45.9 Å². The van der Waals surface area contributed by atoms with Gasteiger partial charge in [-0.3, -0.25) is 9.69 Å². The maximum atomic E-state index is 12.3. The lowest BCUT2D eigenvalue weighted by Crippen LogP contribution is -2.56. The maximum absolute atomic E-state index is 12.3. The molecule has 1 N–H and O–H groups in total. The van der Waals surface area contributed by atoms with Crippen LogP contribution >= 0.6 is 0 Å². The van der Waals surface area contributed by atoms with Gasteiger partial charge in [0.25, 0.3) is 0 Å².